The zero-order valence-electron chi connectivity index (χ0n) is 10.2. The maximum atomic E-state index is 11.7. The molecule has 0 radical (unpaired) electrons. The Morgan fingerprint density at radius 1 is 1.28 bits per heavy atom. The van der Waals surface area contributed by atoms with Gasteiger partial charge in [0.1, 0.15) is 0 Å². The Morgan fingerprint density at radius 3 is 2.67 bits per heavy atom. The van der Waals surface area contributed by atoms with Crippen LogP contribution in [-0.2, 0) is 6.42 Å². The second-order valence-electron chi connectivity index (χ2n) is 3.81. The van der Waals surface area contributed by atoms with Crippen molar-refractivity contribution in [2.75, 3.05) is 18.1 Å². The fourth-order valence-electron chi connectivity index (χ4n) is 1.57. The molecule has 0 saturated carbocycles. The standard InChI is InChI=1S/C14H15NO2S/c1-15-12-6-4-11(5-7-12)8-10-18-14(16)13-3-2-9-17-13/h2-7,9,15H,8,10H2,1H3. The molecule has 0 bridgehead atoms. The van der Waals surface area contributed by atoms with E-state index in [0.29, 0.717) is 5.76 Å². The third kappa shape index (κ3) is 3.40. The van der Waals surface area contributed by atoms with Crippen LogP contribution in [0.3, 0.4) is 0 Å². The first-order chi connectivity index (χ1) is 8.79. The van der Waals surface area contributed by atoms with E-state index in [1.165, 1.54) is 23.6 Å². The molecule has 0 aliphatic rings. The molecule has 18 heavy (non-hydrogen) atoms. The largest absolute Gasteiger partial charge is 0.460 e. The van der Waals surface area contributed by atoms with Crippen LogP contribution in [0.5, 0.6) is 0 Å². The number of hydrogen-bond donors (Lipinski definition) is 1. The summed E-state index contributed by atoms with van der Waals surface area (Å²) in [5, 5.41) is 3.07. The van der Waals surface area contributed by atoms with Crippen molar-refractivity contribution < 1.29 is 9.21 Å². The minimum atomic E-state index is -0.00755. The number of carbonyl (C=O) groups is 1. The van der Waals surface area contributed by atoms with E-state index in [2.05, 4.69) is 17.4 Å². The number of hydrogen-bond acceptors (Lipinski definition) is 4. The topological polar surface area (TPSA) is 42.2 Å². The molecule has 1 heterocycles. The highest BCUT2D eigenvalue weighted by molar-refractivity contribution is 8.14. The average molecular weight is 261 g/mol. The van der Waals surface area contributed by atoms with Gasteiger partial charge < -0.3 is 9.73 Å². The molecule has 3 nitrogen and oxygen atoms in total. The number of aryl methyl sites for hydroxylation is 1. The van der Waals surface area contributed by atoms with Crippen molar-refractivity contribution in [3.8, 4) is 0 Å². The zero-order chi connectivity index (χ0) is 12.8. The highest BCUT2D eigenvalue weighted by Crippen LogP contribution is 2.15. The summed E-state index contributed by atoms with van der Waals surface area (Å²) in [4.78, 5) is 11.7. The molecule has 0 amide bonds. The number of rotatable bonds is 5. The lowest BCUT2D eigenvalue weighted by molar-refractivity contribution is 0.106. The van der Waals surface area contributed by atoms with Crippen molar-refractivity contribution in [1.29, 1.82) is 0 Å². The number of carbonyl (C=O) groups excluding carboxylic acids is 1. The molecule has 0 fully saturated rings. The van der Waals surface area contributed by atoms with Gasteiger partial charge in [-0.25, -0.2) is 0 Å². The van der Waals surface area contributed by atoms with Gasteiger partial charge in [0.2, 0.25) is 0 Å². The van der Waals surface area contributed by atoms with Gasteiger partial charge in [0.25, 0.3) is 5.12 Å². The zero-order valence-corrected chi connectivity index (χ0v) is 11.0. The van der Waals surface area contributed by atoms with Crippen LogP contribution in [0, 0.1) is 0 Å². The van der Waals surface area contributed by atoms with Gasteiger partial charge in [-0.1, -0.05) is 23.9 Å². The van der Waals surface area contributed by atoms with E-state index in [4.69, 9.17) is 4.42 Å². The highest BCUT2D eigenvalue weighted by Gasteiger charge is 2.08. The van der Waals surface area contributed by atoms with Gasteiger partial charge in [0.05, 0.1) is 6.26 Å². The predicted molar refractivity (Wildman–Crippen MR) is 75.2 cm³/mol. The van der Waals surface area contributed by atoms with Crippen LogP contribution in [0.15, 0.2) is 47.1 Å². The molecule has 0 unspecified atom stereocenters. The summed E-state index contributed by atoms with van der Waals surface area (Å²) in [6, 6.07) is 11.6. The lowest BCUT2D eigenvalue weighted by Crippen LogP contribution is -1.96. The summed E-state index contributed by atoms with van der Waals surface area (Å²) >= 11 is 1.29. The van der Waals surface area contributed by atoms with Gasteiger partial charge in [-0.05, 0) is 36.2 Å². The van der Waals surface area contributed by atoms with Crippen LogP contribution in [0.4, 0.5) is 5.69 Å². The molecule has 0 aliphatic carbocycles. The lowest BCUT2D eigenvalue weighted by Gasteiger charge is -2.03. The normalized spacial score (nSPS) is 10.3. The predicted octanol–water partition coefficient (Wildman–Crippen LogP) is 3.44. The first-order valence-electron chi connectivity index (χ1n) is 5.77. The van der Waals surface area contributed by atoms with Crippen molar-refractivity contribution in [3.05, 3.63) is 54.0 Å². The van der Waals surface area contributed by atoms with E-state index < -0.39 is 0 Å². The Balaban J connectivity index is 1.79. The molecule has 0 spiro atoms. The third-order valence-electron chi connectivity index (χ3n) is 2.59. The number of thioether (sulfide) groups is 1. The molecular formula is C14H15NO2S. The third-order valence-corrected chi connectivity index (χ3v) is 3.46. The van der Waals surface area contributed by atoms with Crippen LogP contribution in [-0.4, -0.2) is 17.9 Å². The van der Waals surface area contributed by atoms with Gasteiger partial charge in [0.15, 0.2) is 5.76 Å². The van der Waals surface area contributed by atoms with Crippen LogP contribution >= 0.6 is 11.8 Å². The van der Waals surface area contributed by atoms with E-state index in [1.54, 1.807) is 12.1 Å². The van der Waals surface area contributed by atoms with Crippen molar-refractivity contribution >= 4 is 22.6 Å². The van der Waals surface area contributed by atoms with Crippen LogP contribution in [0.1, 0.15) is 16.1 Å². The summed E-state index contributed by atoms with van der Waals surface area (Å²) in [5.41, 5.74) is 2.33. The molecular weight excluding hydrogens is 246 g/mol. The van der Waals surface area contributed by atoms with Gasteiger partial charge in [-0.15, -0.1) is 0 Å². The maximum absolute atomic E-state index is 11.7. The monoisotopic (exact) mass is 261 g/mol. The Kier molecular flexibility index (Phi) is 4.47. The Labute approximate surface area is 111 Å². The van der Waals surface area contributed by atoms with E-state index in [9.17, 15) is 4.79 Å². The maximum Gasteiger partial charge on any atom is 0.254 e. The summed E-state index contributed by atoms with van der Waals surface area (Å²) in [5.74, 6) is 1.18. The number of benzene rings is 1. The van der Waals surface area contributed by atoms with Crippen molar-refractivity contribution in [2.45, 2.75) is 6.42 Å². The van der Waals surface area contributed by atoms with E-state index in [1.807, 2.05) is 19.2 Å². The van der Waals surface area contributed by atoms with Crippen molar-refractivity contribution in [1.82, 2.24) is 0 Å². The molecule has 2 aromatic rings. The molecule has 0 atom stereocenters. The Bertz CT molecular complexity index is 491. The molecule has 4 heteroatoms. The Morgan fingerprint density at radius 2 is 2.06 bits per heavy atom. The molecule has 2 rings (SSSR count). The highest BCUT2D eigenvalue weighted by atomic mass is 32.2. The summed E-state index contributed by atoms with van der Waals surface area (Å²) in [6.45, 7) is 0. The quantitative estimate of drug-likeness (QED) is 0.895. The summed E-state index contributed by atoms with van der Waals surface area (Å²) in [6.07, 6.45) is 2.39. The van der Waals surface area contributed by atoms with Gasteiger partial charge in [-0.3, -0.25) is 4.79 Å². The molecule has 1 N–H and O–H groups in total. The van der Waals surface area contributed by atoms with Crippen LogP contribution in [0.25, 0.3) is 0 Å². The molecule has 94 valence electrons. The summed E-state index contributed by atoms with van der Waals surface area (Å²) in [7, 11) is 1.90. The van der Waals surface area contributed by atoms with E-state index in [-0.39, 0.29) is 5.12 Å². The SMILES string of the molecule is CNc1ccc(CCSC(=O)c2ccco2)cc1. The average Bonchev–Trinajstić information content (AvgIpc) is 2.93. The minimum absolute atomic E-state index is 0.00755. The first-order valence-corrected chi connectivity index (χ1v) is 6.75. The molecule has 0 saturated heterocycles. The summed E-state index contributed by atoms with van der Waals surface area (Å²) < 4.78 is 5.05. The van der Waals surface area contributed by atoms with Gasteiger partial charge >= 0.3 is 0 Å². The van der Waals surface area contributed by atoms with Crippen LogP contribution in [0.2, 0.25) is 0 Å². The van der Waals surface area contributed by atoms with Gasteiger partial charge in [-0.2, -0.15) is 0 Å². The van der Waals surface area contributed by atoms with Crippen molar-refractivity contribution in [3.63, 3.8) is 0 Å². The smallest absolute Gasteiger partial charge is 0.254 e. The fraction of sp³-hybridized carbons (Fsp3) is 0.214. The second-order valence-corrected chi connectivity index (χ2v) is 4.88. The van der Waals surface area contributed by atoms with E-state index >= 15 is 0 Å². The number of nitrogens with one attached hydrogen (secondary N) is 1. The molecule has 0 aliphatic heterocycles. The molecule has 1 aromatic carbocycles. The van der Waals surface area contributed by atoms with Gasteiger partial charge in [0, 0.05) is 18.5 Å². The van der Waals surface area contributed by atoms with Crippen LogP contribution < -0.4 is 5.32 Å². The fourth-order valence-corrected chi connectivity index (χ4v) is 2.35. The number of anilines is 1. The number of furan rings is 1. The van der Waals surface area contributed by atoms with E-state index in [0.717, 1.165) is 17.9 Å². The van der Waals surface area contributed by atoms with Crippen molar-refractivity contribution in [2.24, 2.45) is 0 Å². The second kappa shape index (κ2) is 6.31. The Hall–Kier alpha value is -1.68. The minimum Gasteiger partial charge on any atom is -0.460 e. The first kappa shape index (κ1) is 12.8. The molecule has 1 aromatic heterocycles. The lowest BCUT2D eigenvalue weighted by atomic mass is 10.1.